The molecule has 1 aromatic heterocycles. The van der Waals surface area contributed by atoms with Crippen LogP contribution >= 0.6 is 11.7 Å². The topological polar surface area (TPSA) is 89.2 Å². The Hall–Kier alpha value is -1.09. The van der Waals surface area contributed by atoms with Crippen molar-refractivity contribution in [3.8, 4) is 0 Å². The van der Waals surface area contributed by atoms with Gasteiger partial charge in [0.15, 0.2) is 0 Å². The van der Waals surface area contributed by atoms with Gasteiger partial charge < -0.3 is 0 Å². The van der Waals surface area contributed by atoms with Gasteiger partial charge in [-0.1, -0.05) is 12.1 Å². The molecule has 0 unspecified atom stereocenters. The summed E-state index contributed by atoms with van der Waals surface area (Å²) in [4.78, 5) is 2.04. The van der Waals surface area contributed by atoms with Crippen LogP contribution in [0.3, 0.4) is 0 Å². The molecular weight excluding hydrogens is 272 g/mol. The SMILES string of the molecule is NS(=O)(=O)C1CN(Cc2cccc3nsnc23)C1. The van der Waals surface area contributed by atoms with Crippen LogP contribution in [-0.4, -0.2) is 40.4 Å². The lowest BCUT2D eigenvalue weighted by molar-refractivity contribution is 0.176. The quantitative estimate of drug-likeness (QED) is 0.867. The highest BCUT2D eigenvalue weighted by molar-refractivity contribution is 7.89. The molecule has 18 heavy (non-hydrogen) atoms. The summed E-state index contributed by atoms with van der Waals surface area (Å²) in [5.74, 6) is 0. The van der Waals surface area contributed by atoms with Crippen molar-refractivity contribution in [1.82, 2.24) is 13.6 Å². The first kappa shape index (κ1) is 12.0. The first-order chi connectivity index (χ1) is 8.54. The van der Waals surface area contributed by atoms with E-state index in [4.69, 9.17) is 5.14 Å². The minimum absolute atomic E-state index is 0.426. The Morgan fingerprint density at radius 2 is 2.17 bits per heavy atom. The fraction of sp³-hybridized carbons (Fsp3) is 0.400. The van der Waals surface area contributed by atoms with E-state index in [1.807, 2.05) is 23.1 Å². The smallest absolute Gasteiger partial charge is 0.214 e. The summed E-state index contributed by atoms with van der Waals surface area (Å²) >= 11 is 1.19. The number of nitrogens with two attached hydrogens (primary N) is 1. The lowest BCUT2D eigenvalue weighted by atomic mass is 10.1. The number of benzene rings is 1. The highest BCUT2D eigenvalue weighted by Gasteiger charge is 2.35. The molecule has 0 atom stereocenters. The van der Waals surface area contributed by atoms with Crippen molar-refractivity contribution in [2.45, 2.75) is 11.8 Å². The van der Waals surface area contributed by atoms with Crippen LogP contribution < -0.4 is 5.14 Å². The lowest BCUT2D eigenvalue weighted by Gasteiger charge is -2.37. The van der Waals surface area contributed by atoms with Crippen molar-refractivity contribution >= 4 is 32.8 Å². The first-order valence-electron chi connectivity index (χ1n) is 5.48. The molecule has 8 heteroatoms. The zero-order chi connectivity index (χ0) is 12.8. The molecule has 0 bridgehead atoms. The molecule has 0 radical (unpaired) electrons. The Bertz CT molecular complexity index is 676. The molecular formula is C10H12N4O2S2. The number of aromatic nitrogens is 2. The Kier molecular flexibility index (Phi) is 2.81. The molecule has 1 saturated heterocycles. The van der Waals surface area contributed by atoms with Crippen molar-refractivity contribution in [3.63, 3.8) is 0 Å². The monoisotopic (exact) mass is 284 g/mol. The summed E-state index contributed by atoms with van der Waals surface area (Å²) in [5, 5.41) is 4.67. The van der Waals surface area contributed by atoms with E-state index < -0.39 is 15.3 Å². The molecule has 0 spiro atoms. The number of hydrogen-bond donors (Lipinski definition) is 1. The lowest BCUT2D eigenvalue weighted by Crippen LogP contribution is -2.55. The minimum Gasteiger partial charge on any atom is -0.296 e. The molecule has 0 saturated carbocycles. The van der Waals surface area contributed by atoms with Crippen molar-refractivity contribution < 1.29 is 8.42 Å². The predicted octanol–water partition coefficient (Wildman–Crippen LogP) is 0.164. The van der Waals surface area contributed by atoms with Crippen LogP contribution in [0.1, 0.15) is 5.56 Å². The summed E-state index contributed by atoms with van der Waals surface area (Å²) in [5.41, 5.74) is 2.87. The van der Waals surface area contributed by atoms with E-state index >= 15 is 0 Å². The molecule has 2 heterocycles. The van der Waals surface area contributed by atoms with Crippen LogP contribution in [0.5, 0.6) is 0 Å². The van der Waals surface area contributed by atoms with Gasteiger partial charge in [0, 0.05) is 19.6 Å². The number of primary sulfonamides is 1. The van der Waals surface area contributed by atoms with Gasteiger partial charge in [0.2, 0.25) is 10.0 Å². The van der Waals surface area contributed by atoms with E-state index in [1.165, 1.54) is 11.7 Å². The fourth-order valence-corrected chi connectivity index (χ4v) is 3.50. The molecule has 3 rings (SSSR count). The molecule has 2 N–H and O–H groups in total. The third-order valence-electron chi connectivity index (χ3n) is 3.15. The van der Waals surface area contributed by atoms with Gasteiger partial charge in [0.1, 0.15) is 16.3 Å². The van der Waals surface area contributed by atoms with E-state index in [-0.39, 0.29) is 0 Å². The average molecular weight is 284 g/mol. The number of nitrogens with zero attached hydrogens (tertiary/aromatic N) is 3. The van der Waals surface area contributed by atoms with Gasteiger partial charge in [-0.3, -0.25) is 4.90 Å². The van der Waals surface area contributed by atoms with E-state index in [9.17, 15) is 8.42 Å². The molecule has 1 fully saturated rings. The molecule has 1 aliphatic heterocycles. The average Bonchev–Trinajstić information content (AvgIpc) is 2.69. The van der Waals surface area contributed by atoms with Gasteiger partial charge in [-0.05, 0) is 11.6 Å². The molecule has 1 aliphatic rings. The zero-order valence-corrected chi connectivity index (χ0v) is 11.1. The molecule has 6 nitrogen and oxygen atoms in total. The number of sulfonamides is 1. The van der Waals surface area contributed by atoms with Crippen LogP contribution in [0.2, 0.25) is 0 Å². The Labute approximate surface area is 109 Å². The normalized spacial score (nSPS) is 18.1. The fourth-order valence-electron chi connectivity index (χ4n) is 2.09. The van der Waals surface area contributed by atoms with Gasteiger partial charge in [-0.15, -0.1) is 0 Å². The van der Waals surface area contributed by atoms with Gasteiger partial charge in [-0.2, -0.15) is 8.75 Å². The summed E-state index contributed by atoms with van der Waals surface area (Å²) in [6.45, 7) is 1.67. The Morgan fingerprint density at radius 3 is 2.89 bits per heavy atom. The molecule has 1 aromatic carbocycles. The molecule has 0 amide bonds. The number of likely N-dealkylation sites (tertiary alicyclic amines) is 1. The zero-order valence-electron chi connectivity index (χ0n) is 9.48. The van der Waals surface area contributed by atoms with Crippen molar-refractivity contribution in [1.29, 1.82) is 0 Å². The molecule has 96 valence electrons. The van der Waals surface area contributed by atoms with Crippen LogP contribution in [0.15, 0.2) is 18.2 Å². The second-order valence-electron chi connectivity index (χ2n) is 4.45. The molecule has 2 aromatic rings. The highest BCUT2D eigenvalue weighted by atomic mass is 32.2. The van der Waals surface area contributed by atoms with E-state index in [0.29, 0.717) is 19.6 Å². The van der Waals surface area contributed by atoms with Crippen LogP contribution in [0.25, 0.3) is 11.0 Å². The third-order valence-corrected chi connectivity index (χ3v) is 4.92. The second kappa shape index (κ2) is 4.23. The van der Waals surface area contributed by atoms with Gasteiger partial charge in [0.05, 0.1) is 11.7 Å². The van der Waals surface area contributed by atoms with Crippen molar-refractivity contribution in [2.24, 2.45) is 5.14 Å². The largest absolute Gasteiger partial charge is 0.296 e. The van der Waals surface area contributed by atoms with E-state index in [0.717, 1.165) is 16.6 Å². The number of fused-ring (bicyclic) bond motifs is 1. The summed E-state index contributed by atoms with van der Waals surface area (Å²) in [7, 11) is -3.39. The van der Waals surface area contributed by atoms with Gasteiger partial charge in [-0.25, -0.2) is 13.6 Å². The number of rotatable bonds is 3. The van der Waals surface area contributed by atoms with E-state index in [2.05, 4.69) is 8.75 Å². The second-order valence-corrected chi connectivity index (χ2v) is 6.83. The van der Waals surface area contributed by atoms with Crippen molar-refractivity contribution in [2.75, 3.05) is 13.1 Å². The summed E-state index contributed by atoms with van der Waals surface area (Å²) in [6.07, 6.45) is 0. The Balaban J connectivity index is 1.74. The van der Waals surface area contributed by atoms with Crippen LogP contribution in [-0.2, 0) is 16.6 Å². The van der Waals surface area contributed by atoms with Gasteiger partial charge >= 0.3 is 0 Å². The maximum absolute atomic E-state index is 11.1. The Morgan fingerprint density at radius 1 is 1.39 bits per heavy atom. The van der Waals surface area contributed by atoms with Crippen molar-refractivity contribution in [3.05, 3.63) is 23.8 Å². The minimum atomic E-state index is -3.39. The summed E-state index contributed by atoms with van der Waals surface area (Å²) < 4.78 is 30.7. The van der Waals surface area contributed by atoms with E-state index in [1.54, 1.807) is 0 Å². The standard InChI is InChI=1S/C10H12N4O2S2/c11-18(15,16)8-5-14(6-8)4-7-2-1-3-9-10(7)13-17-12-9/h1-3,8H,4-6H2,(H2,11,15,16). The van der Waals surface area contributed by atoms with Gasteiger partial charge in [0.25, 0.3) is 0 Å². The molecule has 0 aliphatic carbocycles. The first-order valence-corrected chi connectivity index (χ1v) is 7.82. The summed E-state index contributed by atoms with van der Waals surface area (Å²) in [6, 6.07) is 5.86. The predicted molar refractivity (Wildman–Crippen MR) is 69.6 cm³/mol. The van der Waals surface area contributed by atoms with Crippen LogP contribution in [0.4, 0.5) is 0 Å². The third kappa shape index (κ3) is 2.12. The number of hydrogen-bond acceptors (Lipinski definition) is 6. The highest BCUT2D eigenvalue weighted by Crippen LogP contribution is 2.22. The maximum atomic E-state index is 11.1. The van der Waals surface area contributed by atoms with Crippen LogP contribution in [0, 0.1) is 0 Å². The maximum Gasteiger partial charge on any atom is 0.214 e.